The second-order valence-electron chi connectivity index (χ2n) is 6.47. The Morgan fingerprint density at radius 3 is 2.52 bits per heavy atom. The number of benzene rings is 2. The lowest BCUT2D eigenvalue weighted by Gasteiger charge is -2.17. The van der Waals surface area contributed by atoms with Gasteiger partial charge in [0.25, 0.3) is 0 Å². The maximum absolute atomic E-state index is 12.4. The molecule has 6 nitrogen and oxygen atoms in total. The molecule has 1 N–H and O–H groups in total. The standard InChI is InChI=1S/C20H19BrN2O4/c1-12-9-16(5-8-18(12)21)23-11-14(10-19(23)25)20(26)27-17-6-3-15(4-7-17)22-13(2)24/h3-9,14H,10-11H2,1-2H3,(H,22,24). The van der Waals surface area contributed by atoms with Gasteiger partial charge in [0.1, 0.15) is 5.75 Å². The Balaban J connectivity index is 1.65. The lowest BCUT2D eigenvalue weighted by molar-refractivity contribution is -0.139. The fraction of sp³-hybridized carbons (Fsp3) is 0.250. The van der Waals surface area contributed by atoms with E-state index < -0.39 is 11.9 Å². The van der Waals surface area contributed by atoms with Crippen LogP contribution in [-0.4, -0.2) is 24.3 Å². The minimum absolute atomic E-state index is 0.0975. The number of nitrogens with zero attached hydrogens (tertiary/aromatic N) is 1. The molecule has 0 radical (unpaired) electrons. The van der Waals surface area contributed by atoms with Crippen molar-refractivity contribution in [3.8, 4) is 5.75 Å². The van der Waals surface area contributed by atoms with Crippen molar-refractivity contribution in [2.24, 2.45) is 5.92 Å². The van der Waals surface area contributed by atoms with Gasteiger partial charge in [-0.1, -0.05) is 15.9 Å². The maximum Gasteiger partial charge on any atom is 0.316 e. The third-order valence-electron chi connectivity index (χ3n) is 4.30. The average molecular weight is 431 g/mol. The molecule has 0 saturated carbocycles. The minimum Gasteiger partial charge on any atom is -0.426 e. The summed E-state index contributed by atoms with van der Waals surface area (Å²) in [6.07, 6.45) is 0.123. The van der Waals surface area contributed by atoms with E-state index >= 15 is 0 Å². The summed E-state index contributed by atoms with van der Waals surface area (Å²) in [5.41, 5.74) is 2.41. The Morgan fingerprint density at radius 1 is 1.19 bits per heavy atom. The van der Waals surface area contributed by atoms with Gasteiger partial charge in [0, 0.05) is 35.7 Å². The van der Waals surface area contributed by atoms with Gasteiger partial charge < -0.3 is 15.0 Å². The number of esters is 1. The van der Waals surface area contributed by atoms with E-state index in [4.69, 9.17) is 4.74 Å². The van der Waals surface area contributed by atoms with Crippen molar-refractivity contribution in [3.63, 3.8) is 0 Å². The molecular formula is C20H19BrN2O4. The van der Waals surface area contributed by atoms with Crippen molar-refractivity contribution in [2.75, 3.05) is 16.8 Å². The van der Waals surface area contributed by atoms with Crippen LogP contribution in [0.2, 0.25) is 0 Å². The van der Waals surface area contributed by atoms with E-state index in [2.05, 4.69) is 21.2 Å². The Labute approximate surface area is 165 Å². The summed E-state index contributed by atoms with van der Waals surface area (Å²) in [5, 5.41) is 2.64. The van der Waals surface area contributed by atoms with Crippen LogP contribution in [0.4, 0.5) is 11.4 Å². The van der Waals surface area contributed by atoms with Gasteiger partial charge in [-0.25, -0.2) is 0 Å². The Bertz CT molecular complexity index is 895. The predicted octanol–water partition coefficient (Wildman–Crippen LogP) is 3.67. The van der Waals surface area contributed by atoms with Gasteiger partial charge in [0.05, 0.1) is 5.92 Å². The highest BCUT2D eigenvalue weighted by atomic mass is 79.9. The number of carbonyl (C=O) groups is 3. The van der Waals surface area contributed by atoms with Gasteiger partial charge in [-0.3, -0.25) is 14.4 Å². The molecule has 1 saturated heterocycles. The number of hydrogen-bond donors (Lipinski definition) is 1. The predicted molar refractivity (Wildman–Crippen MR) is 106 cm³/mol. The van der Waals surface area contributed by atoms with Gasteiger partial charge in [-0.05, 0) is 55.0 Å². The van der Waals surface area contributed by atoms with Crippen LogP contribution >= 0.6 is 15.9 Å². The van der Waals surface area contributed by atoms with Crippen molar-refractivity contribution >= 4 is 45.1 Å². The van der Waals surface area contributed by atoms with Crippen LogP contribution in [-0.2, 0) is 14.4 Å². The lowest BCUT2D eigenvalue weighted by Crippen LogP contribution is -2.27. The summed E-state index contributed by atoms with van der Waals surface area (Å²) >= 11 is 3.44. The zero-order valence-corrected chi connectivity index (χ0v) is 16.6. The summed E-state index contributed by atoms with van der Waals surface area (Å²) in [4.78, 5) is 37.4. The summed E-state index contributed by atoms with van der Waals surface area (Å²) in [7, 11) is 0. The molecule has 7 heteroatoms. The number of aryl methyl sites for hydroxylation is 1. The second-order valence-corrected chi connectivity index (χ2v) is 7.32. The van der Waals surface area contributed by atoms with Gasteiger partial charge in [-0.2, -0.15) is 0 Å². The molecular weight excluding hydrogens is 412 g/mol. The van der Waals surface area contributed by atoms with Crippen molar-refractivity contribution < 1.29 is 19.1 Å². The van der Waals surface area contributed by atoms with Crippen LogP contribution in [0.15, 0.2) is 46.9 Å². The zero-order chi connectivity index (χ0) is 19.6. The number of ether oxygens (including phenoxy) is 1. The molecule has 1 heterocycles. The van der Waals surface area contributed by atoms with Crippen molar-refractivity contribution in [2.45, 2.75) is 20.3 Å². The SMILES string of the molecule is CC(=O)Nc1ccc(OC(=O)C2CC(=O)N(c3ccc(Br)c(C)c3)C2)cc1. The molecule has 2 aromatic carbocycles. The van der Waals surface area contributed by atoms with E-state index in [9.17, 15) is 14.4 Å². The molecule has 0 spiro atoms. The Kier molecular flexibility index (Phi) is 5.60. The zero-order valence-electron chi connectivity index (χ0n) is 15.0. The molecule has 0 aliphatic carbocycles. The Morgan fingerprint density at radius 2 is 1.89 bits per heavy atom. The monoisotopic (exact) mass is 430 g/mol. The number of rotatable bonds is 4. The molecule has 27 heavy (non-hydrogen) atoms. The van der Waals surface area contributed by atoms with Crippen molar-refractivity contribution in [1.82, 2.24) is 0 Å². The van der Waals surface area contributed by atoms with Gasteiger partial charge >= 0.3 is 5.97 Å². The molecule has 2 amide bonds. The number of amides is 2. The highest BCUT2D eigenvalue weighted by molar-refractivity contribution is 9.10. The normalized spacial score (nSPS) is 16.3. The average Bonchev–Trinajstić information content (AvgIpc) is 3.00. The molecule has 1 aliphatic heterocycles. The van der Waals surface area contributed by atoms with Crippen LogP contribution < -0.4 is 15.0 Å². The molecule has 0 aromatic heterocycles. The van der Waals surface area contributed by atoms with E-state index in [1.54, 1.807) is 29.2 Å². The van der Waals surface area contributed by atoms with Crippen LogP contribution in [0.25, 0.3) is 0 Å². The second kappa shape index (κ2) is 7.92. The quantitative estimate of drug-likeness (QED) is 0.592. The summed E-state index contributed by atoms with van der Waals surface area (Å²) < 4.78 is 6.36. The largest absolute Gasteiger partial charge is 0.426 e. The molecule has 3 rings (SSSR count). The van der Waals surface area contributed by atoms with E-state index in [0.717, 1.165) is 15.7 Å². The van der Waals surface area contributed by atoms with Crippen molar-refractivity contribution in [3.05, 3.63) is 52.5 Å². The third-order valence-corrected chi connectivity index (χ3v) is 5.19. The summed E-state index contributed by atoms with van der Waals surface area (Å²) in [5.74, 6) is -0.852. The Hall–Kier alpha value is -2.67. The van der Waals surface area contributed by atoms with E-state index in [1.807, 2.05) is 25.1 Å². The van der Waals surface area contributed by atoms with Gasteiger partial charge in [0.15, 0.2) is 0 Å². The van der Waals surface area contributed by atoms with E-state index in [1.165, 1.54) is 6.92 Å². The fourth-order valence-corrected chi connectivity index (χ4v) is 3.17. The van der Waals surface area contributed by atoms with Crippen LogP contribution in [0, 0.1) is 12.8 Å². The molecule has 140 valence electrons. The molecule has 1 aliphatic rings. The highest BCUT2D eigenvalue weighted by Crippen LogP contribution is 2.29. The van der Waals surface area contributed by atoms with Gasteiger partial charge in [0.2, 0.25) is 11.8 Å². The smallest absolute Gasteiger partial charge is 0.316 e. The third kappa shape index (κ3) is 4.54. The van der Waals surface area contributed by atoms with Crippen LogP contribution in [0.3, 0.4) is 0 Å². The first kappa shape index (κ1) is 19.1. The lowest BCUT2D eigenvalue weighted by atomic mass is 10.1. The van der Waals surface area contributed by atoms with E-state index in [-0.39, 0.29) is 18.2 Å². The number of nitrogens with one attached hydrogen (secondary N) is 1. The highest BCUT2D eigenvalue weighted by Gasteiger charge is 2.36. The molecule has 0 bridgehead atoms. The number of anilines is 2. The fourth-order valence-electron chi connectivity index (χ4n) is 2.92. The van der Waals surface area contributed by atoms with Gasteiger partial charge in [-0.15, -0.1) is 0 Å². The molecule has 1 unspecified atom stereocenters. The van der Waals surface area contributed by atoms with Crippen molar-refractivity contribution in [1.29, 1.82) is 0 Å². The molecule has 1 atom stereocenters. The number of carbonyl (C=O) groups excluding carboxylic acids is 3. The topological polar surface area (TPSA) is 75.7 Å². The first-order chi connectivity index (χ1) is 12.8. The number of hydrogen-bond acceptors (Lipinski definition) is 4. The maximum atomic E-state index is 12.4. The van der Waals surface area contributed by atoms with Crippen LogP contribution in [0.1, 0.15) is 18.9 Å². The molecule has 1 fully saturated rings. The van der Waals surface area contributed by atoms with Crippen LogP contribution in [0.5, 0.6) is 5.75 Å². The molecule has 2 aromatic rings. The van der Waals surface area contributed by atoms with E-state index in [0.29, 0.717) is 18.0 Å². The minimum atomic E-state index is -0.517. The summed E-state index contributed by atoms with van der Waals surface area (Å²) in [6.45, 7) is 3.66. The summed E-state index contributed by atoms with van der Waals surface area (Å²) in [6, 6.07) is 12.2. The first-order valence-corrected chi connectivity index (χ1v) is 9.28. The first-order valence-electron chi connectivity index (χ1n) is 8.49. The number of halogens is 1.